The molecule has 1 aromatic carbocycles. The first-order chi connectivity index (χ1) is 7.39. The summed E-state index contributed by atoms with van der Waals surface area (Å²) >= 11 is 0. The highest BCUT2D eigenvalue weighted by Gasteiger charge is 2.30. The molecule has 2 aromatic rings. The van der Waals surface area contributed by atoms with Gasteiger partial charge in [-0.1, -0.05) is 0 Å². The Labute approximate surface area is 88.2 Å². The molecule has 0 atom stereocenters. The highest BCUT2D eigenvalue weighted by Crippen LogP contribution is 2.30. The van der Waals surface area contributed by atoms with E-state index < -0.39 is 17.3 Å². The molecule has 2 rings (SSSR count). The molecule has 0 bridgehead atoms. The number of aromatic nitrogens is 2. The highest BCUT2D eigenvalue weighted by molar-refractivity contribution is 5.78. The molecule has 0 spiro atoms. The highest BCUT2D eigenvalue weighted by atomic mass is 19.4. The molecule has 3 nitrogen and oxygen atoms in total. The van der Waals surface area contributed by atoms with Gasteiger partial charge in [-0.25, -0.2) is 4.98 Å². The summed E-state index contributed by atoms with van der Waals surface area (Å²) < 4.78 is 38.4. The first-order valence-electron chi connectivity index (χ1n) is 4.42. The average molecular weight is 228 g/mol. The molecule has 0 saturated carbocycles. The van der Waals surface area contributed by atoms with Crippen LogP contribution in [0.15, 0.2) is 29.3 Å². The molecule has 1 heterocycles. The van der Waals surface area contributed by atoms with Gasteiger partial charge in [0.25, 0.3) is 5.56 Å². The van der Waals surface area contributed by atoms with Gasteiger partial charge < -0.3 is 4.57 Å². The van der Waals surface area contributed by atoms with Crippen LogP contribution in [-0.4, -0.2) is 9.55 Å². The summed E-state index contributed by atoms with van der Waals surface area (Å²) in [4.78, 5) is 15.4. The number of rotatable bonds is 0. The van der Waals surface area contributed by atoms with Crippen molar-refractivity contribution in [1.29, 1.82) is 0 Å². The molecule has 0 aliphatic heterocycles. The molecule has 0 aliphatic carbocycles. The minimum absolute atomic E-state index is 0.0279. The Morgan fingerprint density at radius 2 is 2.00 bits per heavy atom. The van der Waals surface area contributed by atoms with Gasteiger partial charge in [0.1, 0.15) is 0 Å². The normalized spacial score (nSPS) is 12.0. The lowest BCUT2D eigenvalue weighted by Gasteiger charge is -2.07. The summed E-state index contributed by atoms with van der Waals surface area (Å²) in [6, 6.07) is 2.93. The Hall–Kier alpha value is -1.85. The van der Waals surface area contributed by atoms with Crippen molar-refractivity contribution in [3.63, 3.8) is 0 Å². The number of hydrogen-bond acceptors (Lipinski definition) is 2. The zero-order valence-electron chi connectivity index (χ0n) is 8.25. The molecule has 0 unspecified atom stereocenters. The van der Waals surface area contributed by atoms with Crippen LogP contribution in [0.4, 0.5) is 13.2 Å². The number of fused-ring (bicyclic) bond motifs is 1. The lowest BCUT2D eigenvalue weighted by Crippen LogP contribution is -2.17. The third-order valence-electron chi connectivity index (χ3n) is 2.24. The third-order valence-corrected chi connectivity index (χ3v) is 2.24. The molecule has 0 N–H and O–H groups in total. The van der Waals surface area contributed by atoms with E-state index in [1.807, 2.05) is 0 Å². The second-order valence-electron chi connectivity index (χ2n) is 3.39. The Morgan fingerprint density at radius 1 is 1.31 bits per heavy atom. The van der Waals surface area contributed by atoms with Crippen LogP contribution in [0.5, 0.6) is 0 Å². The molecule has 6 heteroatoms. The van der Waals surface area contributed by atoms with E-state index >= 15 is 0 Å². The average Bonchev–Trinajstić information content (AvgIpc) is 2.22. The quantitative estimate of drug-likeness (QED) is 0.690. The number of nitrogens with zero attached hydrogens (tertiary/aromatic N) is 2. The van der Waals surface area contributed by atoms with E-state index in [0.29, 0.717) is 0 Å². The number of aryl methyl sites for hydroxylation is 1. The number of benzene rings is 1. The topological polar surface area (TPSA) is 34.9 Å². The maximum Gasteiger partial charge on any atom is 0.416 e. The standard InChI is InChI=1S/C10H7F3N2O/c1-15-5-14-8-3-2-6(10(11,12)13)4-7(8)9(15)16/h2-5H,1H3. The lowest BCUT2D eigenvalue weighted by molar-refractivity contribution is -0.137. The van der Waals surface area contributed by atoms with E-state index in [-0.39, 0.29) is 10.9 Å². The molecule has 0 fully saturated rings. The summed E-state index contributed by atoms with van der Waals surface area (Å²) in [5.74, 6) is 0. The maximum atomic E-state index is 12.4. The molecule has 1 aromatic heterocycles. The summed E-state index contributed by atoms with van der Waals surface area (Å²) in [5.41, 5.74) is -1.07. The molecule has 0 amide bonds. The zero-order valence-corrected chi connectivity index (χ0v) is 8.25. The van der Waals surface area contributed by atoms with Gasteiger partial charge in [0.05, 0.1) is 22.8 Å². The summed E-state index contributed by atoms with van der Waals surface area (Å²) in [5, 5.41) is -0.0279. The smallest absolute Gasteiger partial charge is 0.302 e. The predicted octanol–water partition coefficient (Wildman–Crippen LogP) is 1.95. The van der Waals surface area contributed by atoms with Gasteiger partial charge in [-0.05, 0) is 18.2 Å². The zero-order chi connectivity index (χ0) is 11.9. The molecule has 84 valence electrons. The summed E-state index contributed by atoms with van der Waals surface area (Å²) in [6.45, 7) is 0. The third kappa shape index (κ3) is 1.66. The Kier molecular flexibility index (Phi) is 2.22. The van der Waals surface area contributed by atoms with Crippen LogP contribution in [0.1, 0.15) is 5.56 Å². The van der Waals surface area contributed by atoms with E-state index in [2.05, 4.69) is 4.98 Å². The van der Waals surface area contributed by atoms with E-state index in [9.17, 15) is 18.0 Å². The number of halogens is 3. The molecule has 16 heavy (non-hydrogen) atoms. The van der Waals surface area contributed by atoms with E-state index in [1.165, 1.54) is 19.4 Å². The van der Waals surface area contributed by atoms with Gasteiger partial charge in [0.15, 0.2) is 0 Å². The van der Waals surface area contributed by atoms with Gasteiger partial charge in [-0.3, -0.25) is 4.79 Å². The molecular formula is C10H7F3N2O. The van der Waals surface area contributed by atoms with Gasteiger partial charge >= 0.3 is 6.18 Å². The van der Waals surface area contributed by atoms with Crippen LogP contribution in [0.2, 0.25) is 0 Å². The minimum Gasteiger partial charge on any atom is -0.302 e. The van der Waals surface area contributed by atoms with Crippen molar-refractivity contribution in [1.82, 2.24) is 9.55 Å². The van der Waals surface area contributed by atoms with Crippen molar-refractivity contribution < 1.29 is 13.2 Å². The van der Waals surface area contributed by atoms with Crippen molar-refractivity contribution in [3.05, 3.63) is 40.4 Å². The molecular weight excluding hydrogens is 221 g/mol. The fraction of sp³-hybridized carbons (Fsp3) is 0.200. The Bertz CT molecular complexity index is 601. The van der Waals surface area contributed by atoms with E-state index in [0.717, 1.165) is 16.7 Å². The van der Waals surface area contributed by atoms with Crippen molar-refractivity contribution in [2.45, 2.75) is 6.18 Å². The molecule has 0 saturated heterocycles. The maximum absolute atomic E-state index is 12.4. The van der Waals surface area contributed by atoms with Gasteiger partial charge in [0.2, 0.25) is 0 Å². The van der Waals surface area contributed by atoms with Crippen LogP contribution in [-0.2, 0) is 13.2 Å². The monoisotopic (exact) mass is 228 g/mol. The minimum atomic E-state index is -4.45. The van der Waals surface area contributed by atoms with Crippen molar-refractivity contribution in [3.8, 4) is 0 Å². The van der Waals surface area contributed by atoms with Gasteiger partial charge in [-0.2, -0.15) is 13.2 Å². The molecule has 0 aliphatic rings. The van der Waals surface area contributed by atoms with Crippen molar-refractivity contribution in [2.24, 2.45) is 7.05 Å². The fourth-order valence-electron chi connectivity index (χ4n) is 1.39. The number of hydrogen-bond donors (Lipinski definition) is 0. The van der Waals surface area contributed by atoms with E-state index in [1.54, 1.807) is 0 Å². The van der Waals surface area contributed by atoms with Crippen LogP contribution >= 0.6 is 0 Å². The SMILES string of the molecule is Cn1cnc2ccc(C(F)(F)F)cc2c1=O. The van der Waals surface area contributed by atoms with E-state index in [4.69, 9.17) is 0 Å². The predicted molar refractivity (Wildman–Crippen MR) is 52.0 cm³/mol. The van der Waals surface area contributed by atoms with Gasteiger partial charge in [0, 0.05) is 7.05 Å². The van der Waals surface area contributed by atoms with Crippen LogP contribution in [0, 0.1) is 0 Å². The lowest BCUT2D eigenvalue weighted by atomic mass is 10.1. The second kappa shape index (κ2) is 3.33. The second-order valence-corrected chi connectivity index (χ2v) is 3.39. The molecule has 0 radical (unpaired) electrons. The summed E-state index contributed by atoms with van der Waals surface area (Å²) in [6.07, 6.45) is -3.17. The summed E-state index contributed by atoms with van der Waals surface area (Å²) in [7, 11) is 1.44. The van der Waals surface area contributed by atoms with Crippen LogP contribution in [0.25, 0.3) is 10.9 Å². The first kappa shape index (κ1) is 10.7. The Morgan fingerprint density at radius 3 is 2.62 bits per heavy atom. The fourth-order valence-corrected chi connectivity index (χ4v) is 1.39. The van der Waals surface area contributed by atoms with Crippen molar-refractivity contribution >= 4 is 10.9 Å². The van der Waals surface area contributed by atoms with Crippen molar-refractivity contribution in [2.75, 3.05) is 0 Å². The largest absolute Gasteiger partial charge is 0.416 e. The van der Waals surface area contributed by atoms with Crippen LogP contribution in [0.3, 0.4) is 0 Å². The first-order valence-corrected chi connectivity index (χ1v) is 4.42. The van der Waals surface area contributed by atoms with Gasteiger partial charge in [-0.15, -0.1) is 0 Å². The Balaban J connectivity index is 2.79. The number of alkyl halides is 3. The van der Waals surface area contributed by atoms with Crippen LogP contribution < -0.4 is 5.56 Å².